The standard InChI is InChI=1S/C8H11N5O2S/c1-5-10-7(12-11-5)16-3-2-13-6(14)4-9-8(13)15/h2-4H2,1H3,(H,9,15)(H,10,11,12). The number of urea groups is 1. The molecule has 0 spiro atoms. The van der Waals surface area contributed by atoms with E-state index in [0.717, 1.165) is 5.82 Å². The molecule has 0 unspecified atom stereocenters. The van der Waals surface area contributed by atoms with Gasteiger partial charge >= 0.3 is 6.03 Å². The topological polar surface area (TPSA) is 91.0 Å². The molecule has 0 radical (unpaired) electrons. The van der Waals surface area contributed by atoms with Crippen LogP contribution in [0.4, 0.5) is 4.79 Å². The summed E-state index contributed by atoms with van der Waals surface area (Å²) in [6.07, 6.45) is 0. The highest BCUT2D eigenvalue weighted by Gasteiger charge is 2.27. The highest BCUT2D eigenvalue weighted by atomic mass is 32.2. The fraction of sp³-hybridized carbons (Fsp3) is 0.500. The number of nitrogens with one attached hydrogen (secondary N) is 2. The molecule has 86 valence electrons. The molecular formula is C8H11N5O2S. The van der Waals surface area contributed by atoms with E-state index in [2.05, 4.69) is 20.5 Å². The largest absolute Gasteiger partial charge is 0.329 e. The first-order valence-electron chi connectivity index (χ1n) is 4.77. The van der Waals surface area contributed by atoms with Gasteiger partial charge in [-0.25, -0.2) is 9.78 Å². The molecule has 0 bridgehead atoms. The molecular weight excluding hydrogens is 230 g/mol. The van der Waals surface area contributed by atoms with Gasteiger partial charge in [0, 0.05) is 12.3 Å². The Morgan fingerprint density at radius 2 is 2.31 bits per heavy atom. The molecule has 2 heterocycles. The average molecular weight is 241 g/mol. The molecule has 0 aliphatic carbocycles. The third kappa shape index (κ3) is 2.32. The Morgan fingerprint density at radius 3 is 2.88 bits per heavy atom. The van der Waals surface area contributed by atoms with Gasteiger partial charge in [-0.3, -0.25) is 14.8 Å². The lowest BCUT2D eigenvalue weighted by atomic mass is 10.5. The minimum Gasteiger partial charge on any atom is -0.329 e. The third-order valence-corrected chi connectivity index (χ3v) is 2.89. The van der Waals surface area contributed by atoms with E-state index in [4.69, 9.17) is 0 Å². The zero-order valence-electron chi connectivity index (χ0n) is 8.69. The van der Waals surface area contributed by atoms with Gasteiger partial charge in [-0.15, -0.1) is 5.10 Å². The molecule has 0 atom stereocenters. The number of hydrogen-bond donors (Lipinski definition) is 2. The number of carbonyl (C=O) groups is 2. The molecule has 2 rings (SSSR count). The lowest BCUT2D eigenvalue weighted by Gasteiger charge is -2.10. The predicted molar refractivity (Wildman–Crippen MR) is 57.0 cm³/mol. The van der Waals surface area contributed by atoms with Gasteiger partial charge in [0.25, 0.3) is 0 Å². The van der Waals surface area contributed by atoms with E-state index >= 15 is 0 Å². The molecule has 7 nitrogen and oxygen atoms in total. The number of amides is 3. The summed E-state index contributed by atoms with van der Waals surface area (Å²) < 4.78 is 0. The maximum absolute atomic E-state index is 11.2. The number of aromatic amines is 1. The number of aromatic nitrogens is 3. The van der Waals surface area contributed by atoms with Crippen molar-refractivity contribution in [1.82, 2.24) is 25.4 Å². The molecule has 8 heteroatoms. The van der Waals surface area contributed by atoms with Gasteiger partial charge in [0.2, 0.25) is 11.1 Å². The zero-order chi connectivity index (χ0) is 11.5. The summed E-state index contributed by atoms with van der Waals surface area (Å²) in [5.41, 5.74) is 0. The molecule has 1 aliphatic heterocycles. The van der Waals surface area contributed by atoms with E-state index in [1.54, 1.807) is 0 Å². The monoisotopic (exact) mass is 241 g/mol. The van der Waals surface area contributed by atoms with Gasteiger partial charge in [-0.05, 0) is 6.92 Å². The molecule has 3 amide bonds. The highest BCUT2D eigenvalue weighted by molar-refractivity contribution is 7.99. The summed E-state index contributed by atoms with van der Waals surface area (Å²) >= 11 is 1.40. The van der Waals surface area contributed by atoms with Crippen molar-refractivity contribution in [3.05, 3.63) is 5.82 Å². The first-order chi connectivity index (χ1) is 7.66. The van der Waals surface area contributed by atoms with Crippen LogP contribution in [0.25, 0.3) is 0 Å². The Hall–Kier alpha value is -1.57. The van der Waals surface area contributed by atoms with Crippen molar-refractivity contribution >= 4 is 23.7 Å². The number of hydrogen-bond acceptors (Lipinski definition) is 5. The molecule has 0 saturated carbocycles. The van der Waals surface area contributed by atoms with Crippen molar-refractivity contribution in [3.8, 4) is 0 Å². The highest BCUT2D eigenvalue weighted by Crippen LogP contribution is 2.12. The van der Waals surface area contributed by atoms with Crippen LogP contribution in [0.1, 0.15) is 5.82 Å². The van der Waals surface area contributed by atoms with Crippen LogP contribution in [0.5, 0.6) is 0 Å². The summed E-state index contributed by atoms with van der Waals surface area (Å²) in [6.45, 7) is 2.29. The second kappa shape index (κ2) is 4.52. The smallest absolute Gasteiger partial charge is 0.324 e. The van der Waals surface area contributed by atoms with Crippen molar-refractivity contribution < 1.29 is 9.59 Å². The van der Waals surface area contributed by atoms with Crippen molar-refractivity contribution in [2.24, 2.45) is 0 Å². The Morgan fingerprint density at radius 1 is 1.50 bits per heavy atom. The summed E-state index contributed by atoms with van der Waals surface area (Å²) in [5, 5.41) is 9.76. The van der Waals surface area contributed by atoms with Crippen molar-refractivity contribution in [2.45, 2.75) is 12.1 Å². The number of nitrogens with zero attached hydrogens (tertiary/aromatic N) is 3. The Balaban J connectivity index is 1.80. The first kappa shape index (κ1) is 10.9. The number of carbonyl (C=O) groups excluding carboxylic acids is 2. The van der Waals surface area contributed by atoms with Crippen molar-refractivity contribution in [3.63, 3.8) is 0 Å². The van der Waals surface area contributed by atoms with Gasteiger partial charge in [0.1, 0.15) is 5.82 Å². The van der Waals surface area contributed by atoms with Gasteiger partial charge in [0.05, 0.1) is 6.54 Å². The van der Waals surface area contributed by atoms with Crippen LogP contribution in [0, 0.1) is 6.92 Å². The van der Waals surface area contributed by atoms with E-state index in [9.17, 15) is 9.59 Å². The second-order valence-electron chi connectivity index (χ2n) is 3.26. The maximum Gasteiger partial charge on any atom is 0.324 e. The fourth-order valence-electron chi connectivity index (χ4n) is 1.30. The molecule has 1 aromatic heterocycles. The predicted octanol–water partition coefficient (Wildman–Crippen LogP) is -0.243. The molecule has 2 N–H and O–H groups in total. The third-order valence-electron chi connectivity index (χ3n) is 2.06. The van der Waals surface area contributed by atoms with E-state index in [1.807, 2.05) is 6.92 Å². The summed E-state index contributed by atoms with van der Waals surface area (Å²) in [7, 11) is 0. The minimum absolute atomic E-state index is 0.100. The lowest BCUT2D eigenvalue weighted by Crippen LogP contribution is -2.32. The lowest BCUT2D eigenvalue weighted by molar-refractivity contribution is -0.124. The summed E-state index contributed by atoms with van der Waals surface area (Å²) in [5.74, 6) is 1.16. The normalized spacial score (nSPS) is 15.7. The SMILES string of the molecule is Cc1nc(SCCN2C(=O)CNC2=O)n[nH]1. The van der Waals surface area contributed by atoms with Crippen LogP contribution < -0.4 is 5.32 Å². The minimum atomic E-state index is -0.322. The average Bonchev–Trinajstić information content (AvgIpc) is 2.78. The van der Waals surface area contributed by atoms with Crippen LogP contribution in [0.3, 0.4) is 0 Å². The van der Waals surface area contributed by atoms with Crippen LogP contribution in [-0.4, -0.2) is 50.9 Å². The summed E-state index contributed by atoms with van der Waals surface area (Å²) in [4.78, 5) is 27.7. The van der Waals surface area contributed by atoms with E-state index < -0.39 is 0 Å². The molecule has 1 fully saturated rings. The Bertz CT molecular complexity index is 402. The second-order valence-corrected chi connectivity index (χ2v) is 4.32. The number of rotatable bonds is 4. The molecule has 1 aromatic rings. The number of H-pyrrole nitrogens is 1. The quantitative estimate of drug-likeness (QED) is 0.560. The van der Waals surface area contributed by atoms with E-state index in [1.165, 1.54) is 16.7 Å². The summed E-state index contributed by atoms with van der Waals surface area (Å²) in [6, 6.07) is -0.322. The van der Waals surface area contributed by atoms with Gasteiger partial charge < -0.3 is 5.32 Å². The van der Waals surface area contributed by atoms with Crippen LogP contribution in [-0.2, 0) is 4.79 Å². The number of thioether (sulfide) groups is 1. The maximum atomic E-state index is 11.2. The van der Waals surface area contributed by atoms with Gasteiger partial charge in [0.15, 0.2) is 0 Å². The zero-order valence-corrected chi connectivity index (χ0v) is 9.50. The molecule has 1 aliphatic rings. The molecule has 1 saturated heterocycles. The Kier molecular flexibility index (Phi) is 3.09. The van der Waals surface area contributed by atoms with Crippen LogP contribution in [0.2, 0.25) is 0 Å². The molecule has 16 heavy (non-hydrogen) atoms. The van der Waals surface area contributed by atoms with Crippen molar-refractivity contribution in [2.75, 3.05) is 18.8 Å². The number of imide groups is 1. The molecule has 0 aromatic carbocycles. The van der Waals surface area contributed by atoms with E-state index in [-0.39, 0.29) is 18.5 Å². The Labute approximate surface area is 96.0 Å². The number of aryl methyl sites for hydroxylation is 1. The van der Waals surface area contributed by atoms with E-state index in [0.29, 0.717) is 17.5 Å². The van der Waals surface area contributed by atoms with Crippen LogP contribution in [0.15, 0.2) is 5.16 Å². The van der Waals surface area contributed by atoms with Crippen LogP contribution >= 0.6 is 11.8 Å². The van der Waals surface area contributed by atoms with Gasteiger partial charge in [-0.2, -0.15) is 0 Å². The van der Waals surface area contributed by atoms with Crippen molar-refractivity contribution in [1.29, 1.82) is 0 Å². The van der Waals surface area contributed by atoms with Gasteiger partial charge in [-0.1, -0.05) is 11.8 Å². The fourth-order valence-corrected chi connectivity index (χ4v) is 2.06. The first-order valence-corrected chi connectivity index (χ1v) is 5.75.